The number of H-pyrrole nitrogens is 1. The molecule has 0 spiro atoms. The lowest BCUT2D eigenvalue weighted by Crippen LogP contribution is -2.43. The zero-order valence-electron chi connectivity index (χ0n) is 14.0. The zero-order chi connectivity index (χ0) is 16.2. The van der Waals surface area contributed by atoms with E-state index in [4.69, 9.17) is 5.73 Å². The van der Waals surface area contributed by atoms with Gasteiger partial charge < -0.3 is 16.0 Å². The maximum atomic E-state index is 5.51. The molecule has 1 aliphatic heterocycles. The summed E-state index contributed by atoms with van der Waals surface area (Å²) < 4.78 is 0. The molecule has 6 nitrogen and oxygen atoms in total. The third-order valence-electron chi connectivity index (χ3n) is 4.41. The molecule has 0 atom stereocenters. The van der Waals surface area contributed by atoms with Gasteiger partial charge in [-0.15, -0.1) is 5.10 Å². The molecule has 0 radical (unpaired) electrons. The molecule has 2 aromatic rings. The smallest absolute Gasteiger partial charge is 0.239 e. The second-order valence-corrected chi connectivity index (χ2v) is 6.45. The molecule has 4 N–H and O–H groups in total. The lowest BCUT2D eigenvalue weighted by atomic mass is 10.0. The SMILES string of the molecule is Cc1cc(C)cc(N2CCC(NCCc3nc(N)n[nH]3)CC2)c1. The van der Waals surface area contributed by atoms with Crippen molar-refractivity contribution < 1.29 is 0 Å². The fourth-order valence-electron chi connectivity index (χ4n) is 3.29. The molecular weight excluding hydrogens is 288 g/mol. The molecule has 1 aromatic carbocycles. The highest BCUT2D eigenvalue weighted by molar-refractivity contribution is 5.51. The molecule has 1 aliphatic rings. The van der Waals surface area contributed by atoms with Gasteiger partial charge in [-0.3, -0.25) is 5.10 Å². The summed E-state index contributed by atoms with van der Waals surface area (Å²) >= 11 is 0. The van der Waals surface area contributed by atoms with Gasteiger partial charge in [0.05, 0.1) is 0 Å². The number of benzene rings is 1. The van der Waals surface area contributed by atoms with Crippen molar-refractivity contribution in [3.8, 4) is 0 Å². The predicted octanol–water partition coefficient (Wildman–Crippen LogP) is 1.80. The highest BCUT2D eigenvalue weighted by Gasteiger charge is 2.19. The number of nitrogens with one attached hydrogen (secondary N) is 2. The Labute approximate surface area is 137 Å². The molecule has 1 fully saturated rings. The second kappa shape index (κ2) is 7.00. The van der Waals surface area contributed by atoms with Crippen LogP contribution in [-0.4, -0.2) is 40.9 Å². The minimum Gasteiger partial charge on any atom is -0.371 e. The van der Waals surface area contributed by atoms with Gasteiger partial charge in [-0.05, 0) is 49.9 Å². The van der Waals surface area contributed by atoms with Crippen LogP contribution in [0.5, 0.6) is 0 Å². The van der Waals surface area contributed by atoms with Gasteiger partial charge in [0.1, 0.15) is 5.82 Å². The average molecular weight is 314 g/mol. The maximum Gasteiger partial charge on any atom is 0.239 e. The van der Waals surface area contributed by atoms with Crippen LogP contribution < -0.4 is 16.0 Å². The summed E-state index contributed by atoms with van der Waals surface area (Å²) in [5, 5.41) is 10.3. The molecule has 0 unspecified atom stereocenters. The third kappa shape index (κ3) is 4.22. The number of nitrogens with two attached hydrogens (primary N) is 1. The van der Waals surface area contributed by atoms with Crippen LogP contribution in [0.25, 0.3) is 0 Å². The third-order valence-corrected chi connectivity index (χ3v) is 4.41. The number of nitrogen functional groups attached to an aromatic ring is 1. The summed E-state index contributed by atoms with van der Waals surface area (Å²) in [6.45, 7) is 7.45. The molecule has 6 heteroatoms. The van der Waals surface area contributed by atoms with Crippen molar-refractivity contribution in [2.75, 3.05) is 30.3 Å². The van der Waals surface area contributed by atoms with E-state index in [0.29, 0.717) is 12.0 Å². The number of aromatic nitrogens is 3. The normalized spacial score (nSPS) is 16.0. The van der Waals surface area contributed by atoms with Crippen molar-refractivity contribution in [1.82, 2.24) is 20.5 Å². The number of hydrogen-bond donors (Lipinski definition) is 3. The summed E-state index contributed by atoms with van der Waals surface area (Å²) in [7, 11) is 0. The molecule has 2 heterocycles. The Morgan fingerprint density at radius 3 is 2.52 bits per heavy atom. The van der Waals surface area contributed by atoms with Gasteiger partial charge >= 0.3 is 0 Å². The monoisotopic (exact) mass is 314 g/mol. The highest BCUT2D eigenvalue weighted by Crippen LogP contribution is 2.22. The van der Waals surface area contributed by atoms with E-state index >= 15 is 0 Å². The van der Waals surface area contributed by atoms with Crippen LogP contribution >= 0.6 is 0 Å². The quantitative estimate of drug-likeness (QED) is 0.784. The lowest BCUT2D eigenvalue weighted by Gasteiger charge is -2.34. The first-order chi connectivity index (χ1) is 11.1. The minimum atomic E-state index is 0.321. The van der Waals surface area contributed by atoms with Gasteiger partial charge in [0.25, 0.3) is 0 Å². The van der Waals surface area contributed by atoms with E-state index in [-0.39, 0.29) is 0 Å². The van der Waals surface area contributed by atoms with Crippen molar-refractivity contribution >= 4 is 11.6 Å². The Morgan fingerprint density at radius 1 is 1.22 bits per heavy atom. The number of rotatable bonds is 5. The Morgan fingerprint density at radius 2 is 1.91 bits per heavy atom. The van der Waals surface area contributed by atoms with Gasteiger partial charge in [0.15, 0.2) is 0 Å². The van der Waals surface area contributed by atoms with Gasteiger partial charge in [-0.1, -0.05) is 6.07 Å². The Bertz CT molecular complexity index is 622. The van der Waals surface area contributed by atoms with E-state index in [1.54, 1.807) is 0 Å². The molecule has 0 aliphatic carbocycles. The first kappa shape index (κ1) is 15.8. The van der Waals surface area contributed by atoms with Gasteiger partial charge in [0.2, 0.25) is 5.95 Å². The number of anilines is 2. The Kier molecular flexibility index (Phi) is 4.81. The molecule has 23 heavy (non-hydrogen) atoms. The van der Waals surface area contributed by atoms with E-state index in [1.165, 1.54) is 29.7 Å². The largest absolute Gasteiger partial charge is 0.371 e. The van der Waals surface area contributed by atoms with E-state index in [1.807, 2.05) is 0 Å². The molecule has 0 amide bonds. The first-order valence-electron chi connectivity index (χ1n) is 8.33. The summed E-state index contributed by atoms with van der Waals surface area (Å²) in [6.07, 6.45) is 3.18. The van der Waals surface area contributed by atoms with Crippen LogP contribution in [0.1, 0.15) is 29.8 Å². The van der Waals surface area contributed by atoms with Crippen LogP contribution in [0.3, 0.4) is 0 Å². The van der Waals surface area contributed by atoms with Gasteiger partial charge in [-0.25, -0.2) is 0 Å². The highest BCUT2D eigenvalue weighted by atomic mass is 15.3. The first-order valence-corrected chi connectivity index (χ1v) is 8.33. The van der Waals surface area contributed by atoms with Crippen molar-refractivity contribution in [3.05, 3.63) is 35.2 Å². The summed E-state index contributed by atoms with van der Waals surface area (Å²) in [4.78, 5) is 6.62. The molecular formula is C17H26N6. The number of hydrogen-bond acceptors (Lipinski definition) is 5. The average Bonchev–Trinajstić information content (AvgIpc) is 2.92. The summed E-state index contributed by atoms with van der Waals surface area (Å²) in [6, 6.07) is 7.38. The van der Waals surface area contributed by atoms with Gasteiger partial charge in [-0.2, -0.15) is 4.98 Å². The number of nitrogens with zero attached hydrogens (tertiary/aromatic N) is 3. The lowest BCUT2D eigenvalue weighted by molar-refractivity contribution is 0.416. The van der Waals surface area contributed by atoms with Gasteiger partial charge in [0, 0.05) is 37.8 Å². The fraction of sp³-hybridized carbons (Fsp3) is 0.529. The summed E-state index contributed by atoms with van der Waals surface area (Å²) in [5.41, 5.74) is 9.54. The topological polar surface area (TPSA) is 82.9 Å². The Balaban J connectivity index is 1.44. The van der Waals surface area contributed by atoms with Crippen molar-refractivity contribution in [1.29, 1.82) is 0 Å². The number of piperidine rings is 1. The Hall–Kier alpha value is -2.08. The molecule has 0 bridgehead atoms. The van der Waals surface area contributed by atoms with E-state index in [9.17, 15) is 0 Å². The van der Waals surface area contributed by atoms with Crippen molar-refractivity contribution in [2.24, 2.45) is 0 Å². The van der Waals surface area contributed by atoms with Crippen LogP contribution in [-0.2, 0) is 6.42 Å². The fourth-order valence-corrected chi connectivity index (χ4v) is 3.29. The van der Waals surface area contributed by atoms with E-state index < -0.39 is 0 Å². The standard InChI is InChI=1S/C17H26N6/c1-12-9-13(2)11-15(10-12)23-7-4-14(5-8-23)19-6-3-16-20-17(18)22-21-16/h9-11,14,19H,3-8H2,1-2H3,(H3,18,20,21,22). The molecule has 1 saturated heterocycles. The summed E-state index contributed by atoms with van der Waals surface area (Å²) in [5.74, 6) is 1.17. The van der Waals surface area contributed by atoms with Crippen molar-refractivity contribution in [2.45, 2.75) is 39.2 Å². The van der Waals surface area contributed by atoms with Crippen LogP contribution in [0.4, 0.5) is 11.6 Å². The maximum absolute atomic E-state index is 5.51. The molecule has 124 valence electrons. The molecule has 3 rings (SSSR count). The number of aromatic amines is 1. The number of aryl methyl sites for hydroxylation is 2. The van der Waals surface area contributed by atoms with Crippen LogP contribution in [0, 0.1) is 13.8 Å². The predicted molar refractivity (Wildman–Crippen MR) is 93.7 cm³/mol. The van der Waals surface area contributed by atoms with Crippen LogP contribution in [0.2, 0.25) is 0 Å². The van der Waals surface area contributed by atoms with E-state index in [0.717, 1.165) is 31.9 Å². The molecule has 0 saturated carbocycles. The van der Waals surface area contributed by atoms with Crippen LogP contribution in [0.15, 0.2) is 18.2 Å². The van der Waals surface area contributed by atoms with E-state index in [2.05, 4.69) is 57.4 Å². The van der Waals surface area contributed by atoms with Crippen molar-refractivity contribution in [3.63, 3.8) is 0 Å². The molecule has 1 aromatic heterocycles. The minimum absolute atomic E-state index is 0.321. The second-order valence-electron chi connectivity index (χ2n) is 6.45. The zero-order valence-corrected chi connectivity index (χ0v) is 14.0.